The van der Waals surface area contributed by atoms with E-state index < -0.39 is 0 Å². The lowest BCUT2D eigenvalue weighted by Crippen LogP contribution is -2.45. The molecule has 166 valence electrons. The number of carbonyl (C=O) groups excluding carboxylic acids is 1. The van der Waals surface area contributed by atoms with Crippen LogP contribution >= 0.6 is 0 Å². The number of hydrogen-bond acceptors (Lipinski definition) is 4. The molecule has 2 aromatic carbocycles. The minimum atomic E-state index is -0.374. The maximum absolute atomic E-state index is 14.9. The molecule has 32 heavy (non-hydrogen) atoms. The second-order valence-corrected chi connectivity index (χ2v) is 8.60. The summed E-state index contributed by atoms with van der Waals surface area (Å²) >= 11 is 0. The number of aryl methyl sites for hydroxylation is 1. The van der Waals surface area contributed by atoms with Crippen molar-refractivity contribution in [2.24, 2.45) is 0 Å². The molecule has 1 aromatic heterocycles. The second kappa shape index (κ2) is 8.87. The Kier molecular flexibility index (Phi) is 5.79. The van der Waals surface area contributed by atoms with Gasteiger partial charge in [-0.2, -0.15) is 0 Å². The van der Waals surface area contributed by atoms with Crippen LogP contribution in [0.1, 0.15) is 31.2 Å². The van der Waals surface area contributed by atoms with E-state index >= 15 is 0 Å². The fourth-order valence-corrected chi connectivity index (χ4v) is 4.72. The number of rotatable bonds is 4. The van der Waals surface area contributed by atoms with Gasteiger partial charge in [-0.05, 0) is 54.7 Å². The molecule has 0 radical (unpaired) electrons. The van der Waals surface area contributed by atoms with Gasteiger partial charge in [0, 0.05) is 44.1 Å². The number of ether oxygens (including phenoxy) is 2. The van der Waals surface area contributed by atoms with Crippen molar-refractivity contribution in [3.8, 4) is 16.9 Å². The van der Waals surface area contributed by atoms with E-state index in [4.69, 9.17) is 9.47 Å². The second-order valence-electron chi connectivity index (χ2n) is 8.60. The molecule has 0 bridgehead atoms. The van der Waals surface area contributed by atoms with Gasteiger partial charge in [-0.1, -0.05) is 24.3 Å². The van der Waals surface area contributed by atoms with E-state index in [-0.39, 0.29) is 29.7 Å². The first-order valence-electron chi connectivity index (χ1n) is 11.3. The molecule has 2 saturated heterocycles. The molecule has 3 heterocycles. The topological polar surface area (TPSA) is 51.7 Å². The van der Waals surface area contributed by atoms with Crippen molar-refractivity contribution in [3.63, 3.8) is 0 Å². The van der Waals surface area contributed by atoms with Crippen molar-refractivity contribution in [1.29, 1.82) is 0 Å². The van der Waals surface area contributed by atoms with Gasteiger partial charge in [0.15, 0.2) is 11.6 Å². The highest BCUT2D eigenvalue weighted by atomic mass is 19.1. The predicted octanol–water partition coefficient (Wildman–Crippen LogP) is 4.90. The van der Waals surface area contributed by atoms with Gasteiger partial charge in [0.1, 0.15) is 12.2 Å². The highest BCUT2D eigenvalue weighted by Gasteiger charge is 2.31. The van der Waals surface area contributed by atoms with Gasteiger partial charge in [0.05, 0.1) is 5.52 Å². The fraction of sp³-hybridized carbons (Fsp3) is 0.385. The molecule has 0 N–H and O–H groups in total. The number of hydrogen-bond donors (Lipinski definition) is 0. The molecule has 5 nitrogen and oxygen atoms in total. The molecule has 0 aliphatic carbocycles. The van der Waals surface area contributed by atoms with Crippen molar-refractivity contribution in [3.05, 3.63) is 60.0 Å². The van der Waals surface area contributed by atoms with Crippen molar-refractivity contribution in [2.45, 2.75) is 44.8 Å². The standard InChI is InChI=1S/C26H27FN2O3/c1-17-21(8-6-18-4-2-12-28-25(17)18)19-7-9-23(22(27)16-19)32-20-10-13-29(14-11-20)26(30)24-5-3-15-31-24/h2,4,6-9,12,16,20,24H,3,5,10-11,13-15H2,1H3. The van der Waals surface area contributed by atoms with Gasteiger partial charge >= 0.3 is 0 Å². The van der Waals surface area contributed by atoms with Crippen LogP contribution in [0.25, 0.3) is 22.0 Å². The summed E-state index contributed by atoms with van der Waals surface area (Å²) in [6, 6.07) is 13.1. The Morgan fingerprint density at radius 2 is 2.00 bits per heavy atom. The molecule has 2 fully saturated rings. The number of carbonyl (C=O) groups is 1. The number of piperidine rings is 1. The number of amides is 1. The highest BCUT2D eigenvalue weighted by Crippen LogP contribution is 2.32. The molecule has 1 amide bonds. The van der Waals surface area contributed by atoms with E-state index in [1.807, 2.05) is 42.2 Å². The molecule has 0 spiro atoms. The molecule has 0 saturated carbocycles. The zero-order chi connectivity index (χ0) is 22.1. The summed E-state index contributed by atoms with van der Waals surface area (Å²) in [5.41, 5.74) is 3.72. The molecular formula is C26H27FN2O3. The first-order chi connectivity index (χ1) is 15.6. The van der Waals surface area contributed by atoms with Crippen LogP contribution in [0.15, 0.2) is 48.7 Å². The van der Waals surface area contributed by atoms with Crippen LogP contribution in [0, 0.1) is 12.7 Å². The smallest absolute Gasteiger partial charge is 0.251 e. The van der Waals surface area contributed by atoms with E-state index in [0.29, 0.717) is 32.5 Å². The largest absolute Gasteiger partial charge is 0.487 e. The SMILES string of the molecule is Cc1c(-c2ccc(OC3CCN(C(=O)C4CCCO4)CC3)c(F)c2)ccc2cccnc12. The molecule has 2 aliphatic rings. The summed E-state index contributed by atoms with van der Waals surface area (Å²) in [7, 11) is 0. The van der Waals surface area contributed by atoms with Crippen LogP contribution < -0.4 is 4.74 Å². The third-order valence-electron chi connectivity index (χ3n) is 6.52. The number of pyridine rings is 1. The Balaban J connectivity index is 1.26. The predicted molar refractivity (Wildman–Crippen MR) is 121 cm³/mol. The maximum atomic E-state index is 14.9. The van der Waals surface area contributed by atoms with Crippen LogP contribution in [-0.2, 0) is 9.53 Å². The zero-order valence-corrected chi connectivity index (χ0v) is 18.2. The highest BCUT2D eigenvalue weighted by molar-refractivity contribution is 5.88. The third kappa shape index (κ3) is 4.07. The molecule has 1 unspecified atom stereocenters. The van der Waals surface area contributed by atoms with Crippen molar-refractivity contribution < 1.29 is 18.7 Å². The number of nitrogens with zero attached hydrogens (tertiary/aromatic N) is 2. The van der Waals surface area contributed by atoms with Crippen LogP contribution in [0.3, 0.4) is 0 Å². The lowest BCUT2D eigenvalue weighted by atomic mass is 9.97. The first kappa shape index (κ1) is 20.9. The first-order valence-corrected chi connectivity index (χ1v) is 11.3. The molecule has 1 atom stereocenters. The minimum Gasteiger partial charge on any atom is -0.487 e. The Hall–Kier alpha value is -2.99. The van der Waals surface area contributed by atoms with Crippen molar-refractivity contribution in [1.82, 2.24) is 9.88 Å². The van der Waals surface area contributed by atoms with E-state index in [0.717, 1.165) is 40.4 Å². The normalized spacial score (nSPS) is 19.4. The Morgan fingerprint density at radius 1 is 1.16 bits per heavy atom. The number of aromatic nitrogens is 1. The van der Waals surface area contributed by atoms with Gasteiger partial charge in [0.25, 0.3) is 5.91 Å². The number of likely N-dealkylation sites (tertiary alicyclic amines) is 1. The number of fused-ring (bicyclic) bond motifs is 1. The molecule has 2 aliphatic heterocycles. The number of benzene rings is 2. The quantitative estimate of drug-likeness (QED) is 0.586. The lowest BCUT2D eigenvalue weighted by Gasteiger charge is -2.33. The summed E-state index contributed by atoms with van der Waals surface area (Å²) in [6.45, 7) is 3.91. The molecule has 6 heteroatoms. The lowest BCUT2D eigenvalue weighted by molar-refractivity contribution is -0.142. The Morgan fingerprint density at radius 3 is 2.75 bits per heavy atom. The van der Waals surface area contributed by atoms with E-state index in [2.05, 4.69) is 4.98 Å². The Labute approximate surface area is 187 Å². The maximum Gasteiger partial charge on any atom is 0.251 e. The summed E-state index contributed by atoms with van der Waals surface area (Å²) in [5, 5.41) is 1.07. The van der Waals surface area contributed by atoms with Crippen LogP contribution in [0.5, 0.6) is 5.75 Å². The van der Waals surface area contributed by atoms with E-state index in [9.17, 15) is 9.18 Å². The molecule has 3 aromatic rings. The molecule has 5 rings (SSSR count). The third-order valence-corrected chi connectivity index (χ3v) is 6.52. The summed E-state index contributed by atoms with van der Waals surface area (Å²) < 4.78 is 26.4. The van der Waals surface area contributed by atoms with Gasteiger partial charge in [0.2, 0.25) is 0 Å². The van der Waals surface area contributed by atoms with Crippen LogP contribution in [0.4, 0.5) is 4.39 Å². The van der Waals surface area contributed by atoms with Crippen molar-refractivity contribution >= 4 is 16.8 Å². The Bertz CT molecular complexity index is 1140. The zero-order valence-electron chi connectivity index (χ0n) is 18.2. The van der Waals surface area contributed by atoms with E-state index in [1.54, 1.807) is 12.3 Å². The number of halogens is 1. The minimum absolute atomic E-state index is 0.0803. The van der Waals surface area contributed by atoms with Crippen LogP contribution in [-0.4, -0.2) is 47.7 Å². The molecular weight excluding hydrogens is 407 g/mol. The summed E-state index contributed by atoms with van der Waals surface area (Å²) in [4.78, 5) is 18.8. The average Bonchev–Trinajstić information content (AvgIpc) is 3.36. The summed E-state index contributed by atoms with van der Waals surface area (Å²) in [6.07, 6.45) is 4.52. The van der Waals surface area contributed by atoms with Gasteiger partial charge < -0.3 is 14.4 Å². The fourth-order valence-electron chi connectivity index (χ4n) is 4.72. The van der Waals surface area contributed by atoms with Gasteiger partial charge in [-0.3, -0.25) is 9.78 Å². The van der Waals surface area contributed by atoms with Gasteiger partial charge in [-0.15, -0.1) is 0 Å². The monoisotopic (exact) mass is 434 g/mol. The van der Waals surface area contributed by atoms with Gasteiger partial charge in [-0.25, -0.2) is 4.39 Å². The van der Waals surface area contributed by atoms with E-state index in [1.165, 1.54) is 6.07 Å². The van der Waals surface area contributed by atoms with Crippen molar-refractivity contribution in [2.75, 3.05) is 19.7 Å². The van der Waals surface area contributed by atoms with Crippen LogP contribution in [0.2, 0.25) is 0 Å². The summed E-state index contributed by atoms with van der Waals surface area (Å²) in [5.74, 6) is -0.0353. The average molecular weight is 435 g/mol.